The minimum atomic E-state index is 0.493. The highest BCUT2D eigenvalue weighted by atomic mass is 32.1. The molecule has 0 saturated carbocycles. The first kappa shape index (κ1) is 13.9. The lowest BCUT2D eigenvalue weighted by atomic mass is 10.1. The highest BCUT2D eigenvalue weighted by molar-refractivity contribution is 7.15. The van der Waals surface area contributed by atoms with Crippen molar-refractivity contribution in [2.45, 2.75) is 58.7 Å². The first-order valence-electron chi connectivity index (χ1n) is 7.65. The van der Waals surface area contributed by atoms with Gasteiger partial charge in [0.2, 0.25) is 0 Å². The predicted molar refractivity (Wildman–Crippen MR) is 85.7 cm³/mol. The fourth-order valence-electron chi connectivity index (χ4n) is 3.06. The Labute approximate surface area is 124 Å². The first-order chi connectivity index (χ1) is 9.70. The Morgan fingerprint density at radius 3 is 3.10 bits per heavy atom. The number of anilines is 1. The van der Waals surface area contributed by atoms with Gasteiger partial charge in [-0.15, -0.1) is 11.3 Å². The first-order valence-corrected chi connectivity index (χ1v) is 8.53. The number of rotatable bonds is 5. The van der Waals surface area contributed by atoms with E-state index < -0.39 is 0 Å². The van der Waals surface area contributed by atoms with Crippen LogP contribution < -0.4 is 10.2 Å². The van der Waals surface area contributed by atoms with E-state index in [0.29, 0.717) is 12.1 Å². The van der Waals surface area contributed by atoms with E-state index in [4.69, 9.17) is 4.98 Å². The molecule has 0 aromatic carbocycles. The largest absolute Gasteiger partial charge is 0.352 e. The number of hydrogen-bond acceptors (Lipinski definition) is 4. The van der Waals surface area contributed by atoms with Gasteiger partial charge in [-0.1, -0.05) is 20.8 Å². The van der Waals surface area contributed by atoms with Gasteiger partial charge in [-0.2, -0.15) is 0 Å². The van der Waals surface area contributed by atoms with Gasteiger partial charge in [-0.25, -0.2) is 4.98 Å². The Balaban J connectivity index is 1.96. The molecule has 5 heteroatoms. The molecule has 1 aliphatic rings. The van der Waals surface area contributed by atoms with E-state index in [1.165, 1.54) is 30.8 Å². The molecular formula is C15H24N4S. The quantitative estimate of drug-likeness (QED) is 0.918. The predicted octanol–water partition coefficient (Wildman–Crippen LogP) is 3.27. The van der Waals surface area contributed by atoms with Crippen LogP contribution in [0.2, 0.25) is 0 Å². The second kappa shape index (κ2) is 5.74. The lowest BCUT2D eigenvalue weighted by Crippen LogP contribution is -2.31. The Kier molecular flexibility index (Phi) is 3.98. The van der Waals surface area contributed by atoms with E-state index in [2.05, 4.69) is 47.0 Å². The van der Waals surface area contributed by atoms with Crippen molar-refractivity contribution >= 4 is 22.1 Å². The number of imidazole rings is 1. The minimum absolute atomic E-state index is 0.493. The molecule has 1 unspecified atom stereocenters. The maximum absolute atomic E-state index is 4.90. The summed E-state index contributed by atoms with van der Waals surface area (Å²) in [5, 5.41) is 5.66. The zero-order chi connectivity index (χ0) is 14.1. The Morgan fingerprint density at radius 2 is 2.35 bits per heavy atom. The van der Waals surface area contributed by atoms with Crippen LogP contribution in [0.25, 0.3) is 4.96 Å². The maximum Gasteiger partial charge on any atom is 0.195 e. The summed E-state index contributed by atoms with van der Waals surface area (Å²) in [5.41, 5.74) is 1.32. The van der Waals surface area contributed by atoms with Gasteiger partial charge < -0.3 is 10.2 Å². The number of nitrogens with one attached hydrogen (secondary N) is 1. The van der Waals surface area contributed by atoms with Gasteiger partial charge in [0.15, 0.2) is 10.8 Å². The van der Waals surface area contributed by atoms with Gasteiger partial charge in [0, 0.05) is 36.8 Å². The van der Waals surface area contributed by atoms with Crippen molar-refractivity contribution in [3.8, 4) is 0 Å². The summed E-state index contributed by atoms with van der Waals surface area (Å²) >= 11 is 1.72. The average molecular weight is 292 g/mol. The van der Waals surface area contributed by atoms with E-state index in [0.717, 1.165) is 18.1 Å². The van der Waals surface area contributed by atoms with Crippen molar-refractivity contribution in [3.05, 3.63) is 17.3 Å². The topological polar surface area (TPSA) is 32.6 Å². The molecule has 4 nitrogen and oxygen atoms in total. The highest BCUT2D eigenvalue weighted by Crippen LogP contribution is 2.31. The van der Waals surface area contributed by atoms with E-state index in [-0.39, 0.29) is 0 Å². The van der Waals surface area contributed by atoms with Crippen LogP contribution in [0.5, 0.6) is 0 Å². The van der Waals surface area contributed by atoms with Crippen molar-refractivity contribution in [3.63, 3.8) is 0 Å². The van der Waals surface area contributed by atoms with Crippen LogP contribution in [0, 0.1) is 0 Å². The molecule has 1 aliphatic heterocycles. The van der Waals surface area contributed by atoms with Crippen LogP contribution >= 0.6 is 11.3 Å². The fourth-order valence-corrected chi connectivity index (χ4v) is 3.78. The summed E-state index contributed by atoms with van der Waals surface area (Å²) in [6.45, 7) is 8.70. The van der Waals surface area contributed by atoms with Crippen molar-refractivity contribution in [2.75, 3.05) is 11.4 Å². The van der Waals surface area contributed by atoms with Crippen molar-refractivity contribution in [1.82, 2.24) is 14.7 Å². The van der Waals surface area contributed by atoms with Gasteiger partial charge in [0.05, 0.1) is 5.69 Å². The monoisotopic (exact) mass is 292 g/mol. The summed E-state index contributed by atoms with van der Waals surface area (Å²) in [6.07, 6.45) is 5.95. The molecule has 20 heavy (non-hydrogen) atoms. The highest BCUT2D eigenvalue weighted by Gasteiger charge is 2.28. The van der Waals surface area contributed by atoms with E-state index in [9.17, 15) is 0 Å². The summed E-state index contributed by atoms with van der Waals surface area (Å²) < 4.78 is 2.25. The molecule has 2 aromatic heterocycles. The second-order valence-corrected chi connectivity index (χ2v) is 6.74. The van der Waals surface area contributed by atoms with Gasteiger partial charge in [0.25, 0.3) is 0 Å². The summed E-state index contributed by atoms with van der Waals surface area (Å²) in [6, 6.07) is 1.16. The fraction of sp³-hybridized carbons (Fsp3) is 0.667. The summed E-state index contributed by atoms with van der Waals surface area (Å²) in [7, 11) is 0. The molecule has 1 saturated heterocycles. The van der Waals surface area contributed by atoms with Gasteiger partial charge in [-0.05, 0) is 19.3 Å². The standard InChI is InChI=1S/C15H24N4S/c1-4-12-6-5-7-18(12)14-13(10-16-11(2)3)19-8-9-20-15(19)17-14/h8-9,11-12,16H,4-7,10H2,1-3H3. The van der Waals surface area contributed by atoms with E-state index in [1.54, 1.807) is 11.3 Å². The maximum atomic E-state index is 4.90. The third-order valence-electron chi connectivity index (χ3n) is 4.14. The van der Waals surface area contributed by atoms with E-state index >= 15 is 0 Å². The number of fused-ring (bicyclic) bond motifs is 1. The normalized spacial score (nSPS) is 19.6. The van der Waals surface area contributed by atoms with Gasteiger partial charge in [0.1, 0.15) is 0 Å². The molecule has 110 valence electrons. The van der Waals surface area contributed by atoms with Crippen molar-refractivity contribution < 1.29 is 0 Å². The molecule has 0 aliphatic carbocycles. The molecule has 2 aromatic rings. The Morgan fingerprint density at radius 1 is 1.50 bits per heavy atom. The third-order valence-corrected chi connectivity index (χ3v) is 4.89. The molecule has 3 rings (SSSR count). The molecule has 0 bridgehead atoms. The lowest BCUT2D eigenvalue weighted by Gasteiger charge is -2.25. The smallest absolute Gasteiger partial charge is 0.195 e. The van der Waals surface area contributed by atoms with Gasteiger partial charge >= 0.3 is 0 Å². The molecule has 3 heterocycles. The zero-order valence-corrected chi connectivity index (χ0v) is 13.4. The van der Waals surface area contributed by atoms with Gasteiger partial charge in [-0.3, -0.25) is 4.40 Å². The Bertz CT molecular complexity index is 571. The summed E-state index contributed by atoms with van der Waals surface area (Å²) in [4.78, 5) is 8.54. The number of nitrogens with zero attached hydrogens (tertiary/aromatic N) is 3. The van der Waals surface area contributed by atoms with Crippen LogP contribution in [0.1, 0.15) is 45.7 Å². The molecule has 0 spiro atoms. The number of thiazole rings is 1. The van der Waals surface area contributed by atoms with E-state index in [1.807, 2.05) is 0 Å². The molecule has 1 N–H and O–H groups in total. The van der Waals surface area contributed by atoms with Crippen molar-refractivity contribution in [2.24, 2.45) is 0 Å². The average Bonchev–Trinajstić information content (AvgIpc) is 3.10. The van der Waals surface area contributed by atoms with Crippen LogP contribution in [-0.2, 0) is 6.54 Å². The minimum Gasteiger partial charge on any atom is -0.352 e. The third kappa shape index (κ3) is 2.44. The lowest BCUT2D eigenvalue weighted by molar-refractivity contribution is 0.575. The molecule has 0 radical (unpaired) electrons. The van der Waals surface area contributed by atoms with Crippen LogP contribution in [0.3, 0.4) is 0 Å². The van der Waals surface area contributed by atoms with Crippen LogP contribution in [0.15, 0.2) is 11.6 Å². The molecular weight excluding hydrogens is 268 g/mol. The Hall–Kier alpha value is -1.07. The van der Waals surface area contributed by atoms with Crippen LogP contribution in [0.4, 0.5) is 5.82 Å². The van der Waals surface area contributed by atoms with Crippen molar-refractivity contribution in [1.29, 1.82) is 0 Å². The number of hydrogen-bond donors (Lipinski definition) is 1. The number of aromatic nitrogens is 2. The molecule has 0 amide bonds. The SMILES string of the molecule is CCC1CCCN1c1nc2sccn2c1CNC(C)C. The zero-order valence-electron chi connectivity index (χ0n) is 12.6. The van der Waals surface area contributed by atoms with Crippen LogP contribution in [-0.4, -0.2) is 28.0 Å². The molecule has 1 atom stereocenters. The summed E-state index contributed by atoms with van der Waals surface area (Å²) in [5.74, 6) is 1.20. The molecule has 1 fully saturated rings. The second-order valence-electron chi connectivity index (χ2n) is 5.87.